The molecule has 88 valence electrons. The zero-order valence-electron chi connectivity index (χ0n) is 9.91. The Morgan fingerprint density at radius 2 is 2.38 bits per heavy atom. The van der Waals surface area contributed by atoms with E-state index >= 15 is 0 Å². The van der Waals surface area contributed by atoms with E-state index in [1.54, 1.807) is 0 Å². The van der Waals surface area contributed by atoms with Gasteiger partial charge in [0.25, 0.3) is 0 Å². The maximum Gasteiger partial charge on any atom is 0.120 e. The molecule has 2 fully saturated rings. The molecule has 3 rings (SSSR count). The quantitative estimate of drug-likeness (QED) is 0.847. The van der Waals surface area contributed by atoms with Crippen molar-refractivity contribution in [3.8, 4) is 0 Å². The Morgan fingerprint density at radius 1 is 1.50 bits per heavy atom. The summed E-state index contributed by atoms with van der Waals surface area (Å²) in [6.45, 7) is 4.83. The van der Waals surface area contributed by atoms with E-state index in [4.69, 9.17) is 10.2 Å². The van der Waals surface area contributed by atoms with Gasteiger partial charge in [0.1, 0.15) is 11.5 Å². The van der Waals surface area contributed by atoms with E-state index in [-0.39, 0.29) is 0 Å². The predicted molar refractivity (Wildman–Crippen MR) is 62.9 cm³/mol. The Hall–Kier alpha value is -0.800. The molecule has 1 aliphatic heterocycles. The highest BCUT2D eigenvalue weighted by molar-refractivity contribution is 5.20. The lowest BCUT2D eigenvalue weighted by atomic mass is 10.1. The molecule has 2 bridgehead atoms. The second-order valence-electron chi connectivity index (χ2n) is 5.29. The van der Waals surface area contributed by atoms with Crippen LogP contribution in [-0.2, 0) is 13.1 Å². The minimum absolute atomic E-state index is 0.512. The second-order valence-corrected chi connectivity index (χ2v) is 5.29. The van der Waals surface area contributed by atoms with Crippen molar-refractivity contribution in [2.24, 2.45) is 11.7 Å². The maximum absolute atomic E-state index is 5.77. The molecule has 1 saturated heterocycles. The van der Waals surface area contributed by atoms with Crippen LogP contribution in [0.4, 0.5) is 0 Å². The van der Waals surface area contributed by atoms with Crippen molar-refractivity contribution in [1.29, 1.82) is 0 Å². The Labute approximate surface area is 96.6 Å². The van der Waals surface area contributed by atoms with Gasteiger partial charge in [0, 0.05) is 12.6 Å². The van der Waals surface area contributed by atoms with Crippen LogP contribution in [0.1, 0.15) is 36.3 Å². The Balaban J connectivity index is 1.70. The summed E-state index contributed by atoms with van der Waals surface area (Å²) in [5.74, 6) is 2.99. The van der Waals surface area contributed by atoms with Crippen LogP contribution < -0.4 is 5.73 Å². The molecule has 1 aliphatic carbocycles. The van der Waals surface area contributed by atoms with Gasteiger partial charge in [0.2, 0.25) is 0 Å². The van der Waals surface area contributed by atoms with Crippen molar-refractivity contribution >= 4 is 0 Å². The van der Waals surface area contributed by atoms with Crippen molar-refractivity contribution in [2.45, 2.75) is 45.3 Å². The first-order valence-electron chi connectivity index (χ1n) is 6.28. The lowest BCUT2D eigenvalue weighted by Crippen LogP contribution is -2.31. The van der Waals surface area contributed by atoms with Crippen molar-refractivity contribution in [2.75, 3.05) is 6.54 Å². The van der Waals surface area contributed by atoms with Gasteiger partial charge in [0.05, 0.1) is 13.1 Å². The third kappa shape index (κ3) is 1.68. The Kier molecular flexibility index (Phi) is 2.52. The summed E-state index contributed by atoms with van der Waals surface area (Å²) in [6.07, 6.45) is 4.23. The van der Waals surface area contributed by atoms with E-state index in [1.807, 2.05) is 0 Å². The Bertz CT molecular complexity index is 385. The van der Waals surface area contributed by atoms with E-state index in [2.05, 4.69) is 17.9 Å². The maximum atomic E-state index is 5.77. The minimum atomic E-state index is 0.512. The van der Waals surface area contributed by atoms with Crippen LogP contribution in [-0.4, -0.2) is 17.5 Å². The zero-order chi connectivity index (χ0) is 11.1. The Morgan fingerprint density at radius 3 is 2.94 bits per heavy atom. The molecule has 0 radical (unpaired) electrons. The molecule has 0 aromatic carbocycles. The van der Waals surface area contributed by atoms with E-state index in [9.17, 15) is 0 Å². The van der Waals surface area contributed by atoms with Crippen LogP contribution in [0.2, 0.25) is 0 Å². The summed E-state index contributed by atoms with van der Waals surface area (Å²) in [5, 5.41) is 0. The SMILES string of the molecule is Cc1cc(CN2CC3CCC2C3)oc1CN. The van der Waals surface area contributed by atoms with Crippen molar-refractivity contribution < 1.29 is 4.42 Å². The first-order chi connectivity index (χ1) is 7.76. The largest absolute Gasteiger partial charge is 0.463 e. The molecule has 1 aromatic heterocycles. The number of aryl methyl sites for hydroxylation is 1. The molecule has 0 amide bonds. The van der Waals surface area contributed by atoms with Crippen molar-refractivity contribution in [3.63, 3.8) is 0 Å². The average Bonchev–Trinajstić information content (AvgIpc) is 2.93. The molecule has 0 spiro atoms. The average molecular weight is 220 g/mol. The summed E-state index contributed by atoms with van der Waals surface area (Å²) in [6, 6.07) is 2.96. The molecule has 3 nitrogen and oxygen atoms in total. The summed E-state index contributed by atoms with van der Waals surface area (Å²) in [4.78, 5) is 2.58. The van der Waals surface area contributed by atoms with Crippen LogP contribution in [0.3, 0.4) is 0 Å². The second kappa shape index (κ2) is 3.90. The number of nitrogens with zero attached hydrogens (tertiary/aromatic N) is 1. The standard InChI is InChI=1S/C13H20N2O/c1-9-4-12(16-13(9)6-14)8-15-7-10-2-3-11(15)5-10/h4,10-11H,2-3,5-8,14H2,1H3. The number of likely N-dealkylation sites (tertiary alicyclic amines) is 1. The van der Waals surface area contributed by atoms with Gasteiger partial charge < -0.3 is 10.2 Å². The summed E-state index contributed by atoms with van der Waals surface area (Å²) in [7, 11) is 0. The molecule has 1 saturated carbocycles. The number of nitrogens with two attached hydrogens (primary N) is 1. The summed E-state index contributed by atoms with van der Waals surface area (Å²) >= 11 is 0. The lowest BCUT2D eigenvalue weighted by molar-refractivity contribution is 0.189. The van der Waals surface area contributed by atoms with Crippen LogP contribution >= 0.6 is 0 Å². The van der Waals surface area contributed by atoms with Gasteiger partial charge in [-0.3, -0.25) is 4.90 Å². The number of fused-ring (bicyclic) bond motifs is 2. The predicted octanol–water partition coefficient (Wildman–Crippen LogP) is 2.03. The number of piperidine rings is 1. The molecule has 1 aromatic rings. The molecule has 2 unspecified atom stereocenters. The number of hydrogen-bond acceptors (Lipinski definition) is 3. The fraction of sp³-hybridized carbons (Fsp3) is 0.692. The van der Waals surface area contributed by atoms with Gasteiger partial charge >= 0.3 is 0 Å². The van der Waals surface area contributed by atoms with Crippen LogP contribution in [0.25, 0.3) is 0 Å². The molecule has 2 N–H and O–H groups in total. The summed E-state index contributed by atoms with van der Waals surface area (Å²) in [5.41, 5.74) is 6.82. The van der Waals surface area contributed by atoms with Gasteiger partial charge in [-0.2, -0.15) is 0 Å². The van der Waals surface area contributed by atoms with Crippen molar-refractivity contribution in [1.82, 2.24) is 4.90 Å². The summed E-state index contributed by atoms with van der Waals surface area (Å²) < 4.78 is 5.77. The number of furan rings is 1. The fourth-order valence-corrected chi connectivity index (χ4v) is 3.29. The molecular formula is C13H20N2O. The third-order valence-corrected chi connectivity index (χ3v) is 4.14. The van der Waals surface area contributed by atoms with E-state index in [0.29, 0.717) is 6.54 Å². The third-order valence-electron chi connectivity index (χ3n) is 4.14. The first kappa shape index (κ1) is 10.4. The number of hydrogen-bond donors (Lipinski definition) is 1. The molecule has 2 atom stereocenters. The topological polar surface area (TPSA) is 42.4 Å². The van der Waals surface area contributed by atoms with Crippen LogP contribution in [0, 0.1) is 12.8 Å². The molecule has 3 heteroatoms. The molecule has 2 heterocycles. The van der Waals surface area contributed by atoms with Gasteiger partial charge in [-0.05, 0) is 43.7 Å². The highest BCUT2D eigenvalue weighted by Crippen LogP contribution is 2.38. The molecule has 16 heavy (non-hydrogen) atoms. The van der Waals surface area contributed by atoms with Crippen molar-refractivity contribution in [3.05, 3.63) is 23.2 Å². The smallest absolute Gasteiger partial charge is 0.120 e. The fourth-order valence-electron chi connectivity index (χ4n) is 3.29. The normalized spacial score (nSPS) is 29.1. The lowest BCUT2D eigenvalue weighted by Gasteiger charge is -2.25. The van der Waals surface area contributed by atoms with Gasteiger partial charge in [-0.15, -0.1) is 0 Å². The van der Waals surface area contributed by atoms with E-state index < -0.39 is 0 Å². The minimum Gasteiger partial charge on any atom is -0.463 e. The van der Waals surface area contributed by atoms with Gasteiger partial charge in [0.15, 0.2) is 0 Å². The molecular weight excluding hydrogens is 200 g/mol. The highest BCUT2D eigenvalue weighted by Gasteiger charge is 2.37. The van der Waals surface area contributed by atoms with E-state index in [0.717, 1.165) is 30.0 Å². The van der Waals surface area contributed by atoms with Gasteiger partial charge in [-0.25, -0.2) is 0 Å². The number of rotatable bonds is 3. The molecule has 2 aliphatic rings. The van der Waals surface area contributed by atoms with E-state index in [1.165, 1.54) is 31.4 Å². The highest BCUT2D eigenvalue weighted by atomic mass is 16.3. The first-order valence-corrected chi connectivity index (χ1v) is 6.28. The zero-order valence-corrected chi connectivity index (χ0v) is 9.91. The van der Waals surface area contributed by atoms with Crippen LogP contribution in [0.15, 0.2) is 10.5 Å². The van der Waals surface area contributed by atoms with Crippen LogP contribution in [0.5, 0.6) is 0 Å². The van der Waals surface area contributed by atoms with Gasteiger partial charge in [-0.1, -0.05) is 0 Å². The monoisotopic (exact) mass is 220 g/mol.